The third-order valence-corrected chi connectivity index (χ3v) is 5.99. The number of nitrogens with zero attached hydrogens (tertiary/aromatic N) is 4. The molecule has 0 bridgehead atoms. The van der Waals surface area contributed by atoms with Crippen LogP contribution < -0.4 is 5.32 Å². The summed E-state index contributed by atoms with van der Waals surface area (Å²) in [6.07, 6.45) is 4.28. The van der Waals surface area contributed by atoms with E-state index in [-0.39, 0.29) is 17.8 Å². The highest BCUT2D eigenvalue weighted by Crippen LogP contribution is 2.39. The number of pyridine rings is 1. The zero-order chi connectivity index (χ0) is 20.3. The van der Waals surface area contributed by atoms with Crippen molar-refractivity contribution in [2.45, 2.75) is 46.2 Å². The molecule has 1 aromatic carbocycles. The third-order valence-electron chi connectivity index (χ3n) is 5.99. The Morgan fingerprint density at radius 1 is 1.24 bits per heavy atom. The number of aryl methyl sites for hydroxylation is 1. The van der Waals surface area contributed by atoms with E-state index >= 15 is 0 Å². The normalized spacial score (nSPS) is 16.9. The molecule has 5 rings (SSSR count). The van der Waals surface area contributed by atoms with Gasteiger partial charge in [0.2, 0.25) is 11.9 Å². The second kappa shape index (κ2) is 6.40. The van der Waals surface area contributed by atoms with Crippen LogP contribution in [0.3, 0.4) is 0 Å². The number of fused-ring (bicyclic) bond motifs is 2. The number of carbonyl (C=O) groups is 2. The van der Waals surface area contributed by atoms with E-state index in [9.17, 15) is 9.59 Å². The van der Waals surface area contributed by atoms with Crippen molar-refractivity contribution in [1.82, 2.24) is 19.5 Å². The number of hydrogen-bond acceptors (Lipinski definition) is 4. The van der Waals surface area contributed by atoms with E-state index in [4.69, 9.17) is 0 Å². The molecule has 2 aromatic heterocycles. The highest BCUT2D eigenvalue weighted by atomic mass is 16.2. The van der Waals surface area contributed by atoms with Crippen molar-refractivity contribution in [2.24, 2.45) is 5.92 Å². The minimum absolute atomic E-state index is 0.163. The van der Waals surface area contributed by atoms with Crippen LogP contribution in [0.25, 0.3) is 16.8 Å². The number of nitrogens with one attached hydrogen (secondary N) is 1. The van der Waals surface area contributed by atoms with Crippen molar-refractivity contribution in [3.05, 3.63) is 47.2 Å². The third kappa shape index (κ3) is 3.06. The lowest BCUT2D eigenvalue weighted by atomic mass is 9.97. The molecule has 3 aromatic rings. The lowest BCUT2D eigenvalue weighted by molar-refractivity contribution is -0.114. The van der Waals surface area contributed by atoms with Crippen LogP contribution >= 0.6 is 0 Å². The lowest BCUT2D eigenvalue weighted by Crippen LogP contribution is -2.34. The zero-order valence-electron chi connectivity index (χ0n) is 16.8. The minimum Gasteiger partial charge on any atom is -0.331 e. The number of hydrogen-bond donors (Lipinski definition) is 1. The molecular formula is C22H23N5O2. The van der Waals surface area contributed by atoms with Crippen LogP contribution in [0.5, 0.6) is 0 Å². The van der Waals surface area contributed by atoms with E-state index in [1.807, 2.05) is 30.2 Å². The molecule has 1 atom stereocenters. The van der Waals surface area contributed by atoms with E-state index in [0.29, 0.717) is 24.2 Å². The molecule has 1 aliphatic heterocycles. The van der Waals surface area contributed by atoms with Crippen molar-refractivity contribution in [3.8, 4) is 11.1 Å². The SMILES string of the molecule is CC(=O)Nc1nc2cc(-c3cc(C)c4c(c3)CN([C@@H](C)C3CC3)C4=O)ccn2n1. The Kier molecular flexibility index (Phi) is 3.94. The van der Waals surface area contributed by atoms with E-state index in [1.165, 1.54) is 19.8 Å². The van der Waals surface area contributed by atoms with Crippen molar-refractivity contribution in [1.29, 1.82) is 0 Å². The van der Waals surface area contributed by atoms with Crippen LogP contribution in [0, 0.1) is 12.8 Å². The van der Waals surface area contributed by atoms with Crippen molar-refractivity contribution >= 4 is 23.4 Å². The van der Waals surface area contributed by atoms with Gasteiger partial charge < -0.3 is 4.90 Å². The molecule has 1 saturated carbocycles. The van der Waals surface area contributed by atoms with Crippen LogP contribution in [-0.4, -0.2) is 37.4 Å². The second-order valence-electron chi connectivity index (χ2n) is 8.17. The molecule has 2 aliphatic rings. The first kappa shape index (κ1) is 17.8. The van der Waals surface area contributed by atoms with Crippen molar-refractivity contribution in [2.75, 3.05) is 5.32 Å². The van der Waals surface area contributed by atoms with Gasteiger partial charge in [0.1, 0.15) is 0 Å². The van der Waals surface area contributed by atoms with Gasteiger partial charge in [0, 0.05) is 31.3 Å². The molecule has 148 valence electrons. The molecular weight excluding hydrogens is 366 g/mol. The molecule has 7 heteroatoms. The summed E-state index contributed by atoms with van der Waals surface area (Å²) in [4.78, 5) is 30.6. The maximum Gasteiger partial charge on any atom is 0.255 e. The largest absolute Gasteiger partial charge is 0.331 e. The number of amides is 2. The quantitative estimate of drug-likeness (QED) is 0.742. The zero-order valence-corrected chi connectivity index (χ0v) is 16.8. The summed E-state index contributed by atoms with van der Waals surface area (Å²) in [5, 5.41) is 6.85. The van der Waals surface area contributed by atoms with Crippen molar-refractivity contribution < 1.29 is 9.59 Å². The van der Waals surface area contributed by atoms with Crippen LogP contribution in [-0.2, 0) is 11.3 Å². The first-order chi connectivity index (χ1) is 13.9. The average molecular weight is 389 g/mol. The Balaban J connectivity index is 1.50. The standard InChI is InChI=1S/C22H23N5O2/c1-12-8-17(9-18-11-26(21(29)20(12)18)13(2)15-4-5-15)16-6-7-27-19(10-16)24-22(25-27)23-14(3)28/h6-10,13,15H,4-5,11H2,1-3H3,(H,23,25,28)/t13-/m0/s1. The summed E-state index contributed by atoms with van der Waals surface area (Å²) in [5.41, 5.74) is 5.68. The molecule has 0 spiro atoms. The molecule has 1 fully saturated rings. The molecule has 2 amide bonds. The van der Waals surface area contributed by atoms with Gasteiger partial charge in [-0.3, -0.25) is 14.9 Å². The van der Waals surface area contributed by atoms with E-state index in [0.717, 1.165) is 27.8 Å². The van der Waals surface area contributed by atoms with Crippen molar-refractivity contribution in [3.63, 3.8) is 0 Å². The average Bonchev–Trinajstić information content (AvgIpc) is 3.36. The van der Waals surface area contributed by atoms with E-state index in [1.54, 1.807) is 4.52 Å². The maximum atomic E-state index is 13.0. The molecule has 7 nitrogen and oxygen atoms in total. The Morgan fingerprint density at radius 3 is 2.76 bits per heavy atom. The molecule has 29 heavy (non-hydrogen) atoms. The summed E-state index contributed by atoms with van der Waals surface area (Å²) >= 11 is 0. The van der Waals surface area contributed by atoms with Gasteiger partial charge in [-0.1, -0.05) is 6.07 Å². The predicted molar refractivity (Wildman–Crippen MR) is 110 cm³/mol. The van der Waals surface area contributed by atoms with Gasteiger partial charge in [0.25, 0.3) is 5.91 Å². The first-order valence-corrected chi connectivity index (χ1v) is 9.99. The Labute approximate surface area is 168 Å². The minimum atomic E-state index is -0.204. The number of benzene rings is 1. The molecule has 3 heterocycles. The topological polar surface area (TPSA) is 79.6 Å². The van der Waals surface area contributed by atoms with Gasteiger partial charge in [-0.2, -0.15) is 4.98 Å². The molecule has 0 saturated heterocycles. The highest BCUT2D eigenvalue weighted by Gasteiger charge is 2.39. The van der Waals surface area contributed by atoms with Gasteiger partial charge in [-0.25, -0.2) is 4.52 Å². The Bertz CT molecular complexity index is 1160. The van der Waals surface area contributed by atoms with Gasteiger partial charge in [-0.15, -0.1) is 5.10 Å². The van der Waals surface area contributed by atoms with Gasteiger partial charge in [-0.05, 0) is 73.1 Å². The predicted octanol–water partition coefficient (Wildman–Crippen LogP) is 3.42. The van der Waals surface area contributed by atoms with Crippen LogP contribution in [0.4, 0.5) is 5.95 Å². The fourth-order valence-electron chi connectivity index (χ4n) is 4.29. The van der Waals surface area contributed by atoms with Crippen LogP contribution in [0.2, 0.25) is 0 Å². The summed E-state index contributed by atoms with van der Waals surface area (Å²) in [7, 11) is 0. The smallest absolute Gasteiger partial charge is 0.255 e. The highest BCUT2D eigenvalue weighted by molar-refractivity contribution is 6.00. The summed E-state index contributed by atoms with van der Waals surface area (Å²) < 4.78 is 1.64. The second-order valence-corrected chi connectivity index (χ2v) is 8.17. The molecule has 0 unspecified atom stereocenters. The summed E-state index contributed by atoms with van der Waals surface area (Å²) in [5.74, 6) is 0.901. The van der Waals surface area contributed by atoms with Crippen LogP contribution in [0.15, 0.2) is 30.5 Å². The fourth-order valence-corrected chi connectivity index (χ4v) is 4.29. The summed E-state index contributed by atoms with van der Waals surface area (Å²) in [6, 6.07) is 8.41. The van der Waals surface area contributed by atoms with E-state index in [2.05, 4.69) is 34.5 Å². The summed E-state index contributed by atoms with van der Waals surface area (Å²) in [6.45, 7) is 6.29. The Hall–Kier alpha value is -3.22. The van der Waals surface area contributed by atoms with Gasteiger partial charge in [0.05, 0.1) is 0 Å². The molecule has 1 aliphatic carbocycles. The van der Waals surface area contributed by atoms with Gasteiger partial charge >= 0.3 is 0 Å². The van der Waals surface area contributed by atoms with Gasteiger partial charge in [0.15, 0.2) is 5.65 Å². The molecule has 1 N–H and O–H groups in total. The first-order valence-electron chi connectivity index (χ1n) is 9.99. The fraction of sp³-hybridized carbons (Fsp3) is 0.364. The monoisotopic (exact) mass is 389 g/mol. The number of anilines is 1. The number of carbonyl (C=O) groups excluding carboxylic acids is 2. The Morgan fingerprint density at radius 2 is 2.03 bits per heavy atom. The van der Waals surface area contributed by atoms with Crippen LogP contribution in [0.1, 0.15) is 48.2 Å². The number of aromatic nitrogens is 3. The number of rotatable bonds is 4. The maximum absolute atomic E-state index is 13.0. The molecule has 0 radical (unpaired) electrons. The van der Waals surface area contributed by atoms with E-state index < -0.39 is 0 Å². The lowest BCUT2D eigenvalue weighted by Gasteiger charge is -2.24.